The van der Waals surface area contributed by atoms with Crippen LogP contribution >= 0.6 is 0 Å². The van der Waals surface area contributed by atoms with Gasteiger partial charge in [0.1, 0.15) is 11.6 Å². The Balaban J connectivity index is 2.08. The van der Waals surface area contributed by atoms with E-state index in [0.29, 0.717) is 18.9 Å². The van der Waals surface area contributed by atoms with E-state index in [9.17, 15) is 18.7 Å². The number of hydrogen-bond donors (Lipinski definition) is 2. The van der Waals surface area contributed by atoms with Gasteiger partial charge in [-0.05, 0) is 38.3 Å². The lowest BCUT2D eigenvalue weighted by molar-refractivity contribution is -0.0367. The van der Waals surface area contributed by atoms with Gasteiger partial charge in [0, 0.05) is 12.1 Å². The van der Waals surface area contributed by atoms with Crippen LogP contribution in [0.2, 0.25) is 0 Å². The zero-order valence-electron chi connectivity index (χ0n) is 10.3. The first-order valence-corrected chi connectivity index (χ1v) is 5.77. The minimum Gasteiger partial charge on any atom is -0.390 e. The molecule has 1 saturated carbocycles. The summed E-state index contributed by atoms with van der Waals surface area (Å²) in [5, 5.41) is 12.1. The quantitative estimate of drug-likeness (QED) is 0.848. The average Bonchev–Trinajstić information content (AvgIpc) is 2.20. The van der Waals surface area contributed by atoms with Gasteiger partial charge in [0.05, 0.1) is 11.2 Å². The molecule has 1 aliphatic rings. The monoisotopic (exact) mass is 255 g/mol. The molecule has 0 aliphatic heterocycles. The van der Waals surface area contributed by atoms with Crippen LogP contribution in [0.25, 0.3) is 0 Å². The summed E-state index contributed by atoms with van der Waals surface area (Å²) >= 11 is 0. The normalized spacial score (nSPS) is 26.6. The van der Waals surface area contributed by atoms with Crippen LogP contribution in [0.5, 0.6) is 0 Å². The van der Waals surface area contributed by atoms with Gasteiger partial charge in [-0.1, -0.05) is 0 Å². The Bertz CT molecular complexity index is 492. The molecule has 3 nitrogen and oxygen atoms in total. The predicted molar refractivity (Wildman–Crippen MR) is 62.2 cm³/mol. The van der Waals surface area contributed by atoms with Crippen LogP contribution < -0.4 is 5.32 Å². The Morgan fingerprint density at radius 2 is 2.00 bits per heavy atom. The van der Waals surface area contributed by atoms with Gasteiger partial charge >= 0.3 is 0 Å². The van der Waals surface area contributed by atoms with E-state index in [1.807, 2.05) is 0 Å². The first-order valence-electron chi connectivity index (χ1n) is 5.77. The smallest absolute Gasteiger partial charge is 0.254 e. The number of amides is 1. The van der Waals surface area contributed by atoms with Crippen LogP contribution in [-0.2, 0) is 0 Å². The SMILES string of the molecule is Cc1cc(C(=O)NC2CC(C)(O)C2)c(F)cc1F. The molecule has 1 aliphatic carbocycles. The van der Waals surface area contributed by atoms with Crippen molar-refractivity contribution in [3.63, 3.8) is 0 Å². The zero-order chi connectivity index (χ0) is 13.5. The van der Waals surface area contributed by atoms with Crippen molar-refractivity contribution in [2.75, 3.05) is 0 Å². The fraction of sp³-hybridized carbons (Fsp3) is 0.462. The van der Waals surface area contributed by atoms with Gasteiger partial charge in [0.2, 0.25) is 0 Å². The molecular formula is C13H15F2NO2. The third kappa shape index (κ3) is 2.51. The summed E-state index contributed by atoms with van der Waals surface area (Å²) in [6, 6.07) is 1.75. The highest BCUT2D eigenvalue weighted by Gasteiger charge is 2.39. The maximum atomic E-state index is 13.5. The van der Waals surface area contributed by atoms with E-state index in [-0.39, 0.29) is 17.2 Å². The Kier molecular flexibility index (Phi) is 3.11. The Morgan fingerprint density at radius 3 is 2.56 bits per heavy atom. The van der Waals surface area contributed by atoms with E-state index in [1.54, 1.807) is 6.92 Å². The maximum Gasteiger partial charge on any atom is 0.254 e. The molecule has 0 atom stereocenters. The van der Waals surface area contributed by atoms with E-state index in [2.05, 4.69) is 5.32 Å². The Hall–Kier alpha value is -1.49. The van der Waals surface area contributed by atoms with Gasteiger partial charge < -0.3 is 10.4 Å². The number of rotatable bonds is 2. The summed E-state index contributed by atoms with van der Waals surface area (Å²) in [6.45, 7) is 3.15. The Labute approximate surface area is 104 Å². The number of aliphatic hydroxyl groups is 1. The third-order valence-corrected chi connectivity index (χ3v) is 3.20. The summed E-state index contributed by atoms with van der Waals surface area (Å²) in [4.78, 5) is 11.8. The molecule has 0 bridgehead atoms. The predicted octanol–water partition coefficient (Wildman–Crippen LogP) is 1.92. The molecule has 1 aromatic carbocycles. The fourth-order valence-electron chi connectivity index (χ4n) is 2.20. The molecule has 0 heterocycles. The first kappa shape index (κ1) is 13.0. The average molecular weight is 255 g/mol. The van der Waals surface area contributed by atoms with Crippen LogP contribution in [0, 0.1) is 18.6 Å². The number of aryl methyl sites for hydroxylation is 1. The lowest BCUT2D eigenvalue weighted by atomic mass is 9.77. The van der Waals surface area contributed by atoms with Gasteiger partial charge in [-0.3, -0.25) is 4.79 Å². The summed E-state index contributed by atoms with van der Waals surface area (Å²) in [5.41, 5.74) is -0.697. The van der Waals surface area contributed by atoms with E-state index < -0.39 is 23.1 Å². The van der Waals surface area contributed by atoms with E-state index >= 15 is 0 Å². The molecule has 1 fully saturated rings. The minimum atomic E-state index is -0.873. The molecule has 0 spiro atoms. The number of carbonyl (C=O) groups is 1. The van der Waals surface area contributed by atoms with E-state index in [4.69, 9.17) is 0 Å². The van der Waals surface area contributed by atoms with Crippen LogP contribution in [0.15, 0.2) is 12.1 Å². The molecule has 2 rings (SSSR count). The number of nitrogens with one attached hydrogen (secondary N) is 1. The van der Waals surface area contributed by atoms with Crippen molar-refractivity contribution in [2.24, 2.45) is 0 Å². The molecule has 0 aromatic heterocycles. The van der Waals surface area contributed by atoms with Crippen molar-refractivity contribution in [2.45, 2.75) is 38.3 Å². The van der Waals surface area contributed by atoms with Crippen molar-refractivity contribution in [1.82, 2.24) is 5.32 Å². The third-order valence-electron chi connectivity index (χ3n) is 3.20. The summed E-state index contributed by atoms with van der Waals surface area (Å²) in [6.07, 6.45) is 0.890. The lowest BCUT2D eigenvalue weighted by Gasteiger charge is -2.41. The molecule has 1 aromatic rings. The molecule has 0 radical (unpaired) electrons. The van der Waals surface area contributed by atoms with Gasteiger partial charge in [0.15, 0.2) is 0 Å². The molecule has 1 amide bonds. The van der Waals surface area contributed by atoms with Gasteiger partial charge in [-0.25, -0.2) is 8.78 Å². The van der Waals surface area contributed by atoms with Crippen LogP contribution in [0.4, 0.5) is 8.78 Å². The topological polar surface area (TPSA) is 49.3 Å². The second-order valence-corrected chi connectivity index (χ2v) is 5.16. The molecular weight excluding hydrogens is 240 g/mol. The molecule has 5 heteroatoms. The maximum absolute atomic E-state index is 13.5. The molecule has 0 saturated heterocycles. The lowest BCUT2D eigenvalue weighted by Crippen LogP contribution is -2.53. The molecule has 2 N–H and O–H groups in total. The van der Waals surface area contributed by atoms with E-state index in [0.717, 1.165) is 0 Å². The summed E-state index contributed by atoms with van der Waals surface area (Å²) in [7, 11) is 0. The minimum absolute atomic E-state index is 0.155. The second kappa shape index (κ2) is 4.31. The van der Waals surface area contributed by atoms with Crippen LogP contribution in [-0.4, -0.2) is 22.7 Å². The fourth-order valence-corrected chi connectivity index (χ4v) is 2.20. The van der Waals surface area contributed by atoms with Crippen molar-refractivity contribution < 1.29 is 18.7 Å². The van der Waals surface area contributed by atoms with Gasteiger partial charge in [0.25, 0.3) is 5.91 Å². The molecule has 0 unspecified atom stereocenters. The number of carbonyl (C=O) groups excluding carboxylic acids is 1. The number of hydrogen-bond acceptors (Lipinski definition) is 2. The van der Waals surface area contributed by atoms with Crippen molar-refractivity contribution >= 4 is 5.91 Å². The zero-order valence-corrected chi connectivity index (χ0v) is 10.3. The number of halogens is 2. The first-order chi connectivity index (χ1) is 8.28. The summed E-state index contributed by atoms with van der Waals surface area (Å²) < 4.78 is 26.5. The van der Waals surface area contributed by atoms with Crippen molar-refractivity contribution in [3.05, 3.63) is 34.9 Å². The number of benzene rings is 1. The highest BCUT2D eigenvalue weighted by atomic mass is 19.1. The highest BCUT2D eigenvalue weighted by molar-refractivity contribution is 5.94. The second-order valence-electron chi connectivity index (χ2n) is 5.16. The van der Waals surface area contributed by atoms with Gasteiger partial charge in [-0.2, -0.15) is 0 Å². The highest BCUT2D eigenvalue weighted by Crippen LogP contribution is 2.31. The summed E-state index contributed by atoms with van der Waals surface area (Å²) in [5.74, 6) is -2.12. The largest absolute Gasteiger partial charge is 0.390 e. The van der Waals surface area contributed by atoms with Crippen LogP contribution in [0.3, 0.4) is 0 Å². The molecule has 98 valence electrons. The van der Waals surface area contributed by atoms with E-state index in [1.165, 1.54) is 13.0 Å². The Morgan fingerprint density at radius 1 is 1.39 bits per heavy atom. The van der Waals surface area contributed by atoms with Crippen LogP contribution in [0.1, 0.15) is 35.7 Å². The van der Waals surface area contributed by atoms with Crippen molar-refractivity contribution in [1.29, 1.82) is 0 Å². The standard InChI is InChI=1S/C13H15F2NO2/c1-7-3-9(11(15)4-10(7)14)12(17)16-8-5-13(2,18)6-8/h3-4,8,18H,5-6H2,1-2H3,(H,16,17). The van der Waals surface area contributed by atoms with Gasteiger partial charge in [-0.15, -0.1) is 0 Å². The molecule has 18 heavy (non-hydrogen) atoms. The van der Waals surface area contributed by atoms with Crippen molar-refractivity contribution in [3.8, 4) is 0 Å².